The Labute approximate surface area is 115 Å². The lowest BCUT2D eigenvalue weighted by atomic mass is 10.2. The van der Waals surface area contributed by atoms with Crippen molar-refractivity contribution in [3.05, 3.63) is 59.8 Å². The van der Waals surface area contributed by atoms with Crippen LogP contribution in [-0.2, 0) is 6.54 Å². The number of aliphatic hydroxyl groups excluding tert-OH is 1. The van der Waals surface area contributed by atoms with Crippen molar-refractivity contribution in [1.82, 2.24) is 10.6 Å². The molecule has 0 spiro atoms. The molecule has 0 aliphatic rings. The van der Waals surface area contributed by atoms with Crippen LogP contribution < -0.4 is 10.6 Å². The van der Waals surface area contributed by atoms with E-state index in [1.54, 1.807) is 24.3 Å². The van der Waals surface area contributed by atoms with Crippen LogP contribution in [0.25, 0.3) is 0 Å². The number of halogens is 1. The van der Waals surface area contributed by atoms with Gasteiger partial charge in [0.15, 0.2) is 0 Å². The lowest BCUT2D eigenvalue weighted by Gasteiger charge is -2.10. The van der Waals surface area contributed by atoms with E-state index < -0.39 is 12.1 Å². The molecule has 1 aromatic carbocycles. The van der Waals surface area contributed by atoms with Gasteiger partial charge in [0.25, 0.3) is 0 Å². The highest BCUT2D eigenvalue weighted by Crippen LogP contribution is 2.11. The first-order valence-corrected chi connectivity index (χ1v) is 6.13. The molecular weight excluding hydrogens is 263 g/mol. The highest BCUT2D eigenvalue weighted by Gasteiger charge is 2.11. The summed E-state index contributed by atoms with van der Waals surface area (Å²) in [4.78, 5) is 11.5. The van der Waals surface area contributed by atoms with Crippen molar-refractivity contribution in [2.24, 2.45) is 0 Å². The average molecular weight is 278 g/mol. The number of amides is 2. The molecule has 6 heteroatoms. The normalized spacial score (nSPS) is 11.9. The van der Waals surface area contributed by atoms with E-state index in [0.29, 0.717) is 11.3 Å². The predicted octanol–water partition coefficient (Wildman–Crippen LogP) is 1.95. The van der Waals surface area contributed by atoms with Crippen molar-refractivity contribution in [3.63, 3.8) is 0 Å². The molecule has 20 heavy (non-hydrogen) atoms. The van der Waals surface area contributed by atoms with Crippen LogP contribution in [0.3, 0.4) is 0 Å². The Bertz CT molecular complexity index is 557. The Morgan fingerprint density at radius 3 is 2.85 bits per heavy atom. The standard InChI is InChI=1S/C14H15FN2O3/c15-11-4-1-3-10(7-11)8-16-14(19)17-9-12(18)13-5-2-6-20-13/h1-7,12,18H,8-9H2,(H2,16,17,19). The minimum Gasteiger partial charge on any atom is -0.467 e. The molecule has 0 radical (unpaired) electrons. The van der Waals surface area contributed by atoms with Crippen molar-refractivity contribution in [1.29, 1.82) is 0 Å². The van der Waals surface area contributed by atoms with Gasteiger partial charge in [0.1, 0.15) is 17.7 Å². The lowest BCUT2D eigenvalue weighted by Crippen LogP contribution is -2.37. The summed E-state index contributed by atoms with van der Waals surface area (Å²) >= 11 is 0. The van der Waals surface area contributed by atoms with E-state index in [0.717, 1.165) is 0 Å². The van der Waals surface area contributed by atoms with Crippen LogP contribution in [0.5, 0.6) is 0 Å². The molecule has 0 aliphatic carbocycles. The van der Waals surface area contributed by atoms with E-state index in [4.69, 9.17) is 4.42 Å². The van der Waals surface area contributed by atoms with Gasteiger partial charge < -0.3 is 20.2 Å². The number of urea groups is 1. The number of carbonyl (C=O) groups is 1. The largest absolute Gasteiger partial charge is 0.467 e. The van der Waals surface area contributed by atoms with Gasteiger partial charge in [-0.3, -0.25) is 0 Å². The number of hydrogen-bond acceptors (Lipinski definition) is 3. The molecule has 0 bridgehead atoms. The highest BCUT2D eigenvalue weighted by atomic mass is 19.1. The second-order valence-electron chi connectivity index (χ2n) is 4.22. The zero-order valence-corrected chi connectivity index (χ0v) is 10.7. The minimum atomic E-state index is -0.898. The monoisotopic (exact) mass is 278 g/mol. The van der Waals surface area contributed by atoms with Crippen LogP contribution in [-0.4, -0.2) is 17.7 Å². The topological polar surface area (TPSA) is 74.5 Å². The second-order valence-corrected chi connectivity index (χ2v) is 4.22. The fourth-order valence-corrected chi connectivity index (χ4v) is 1.66. The van der Waals surface area contributed by atoms with E-state index in [-0.39, 0.29) is 18.9 Å². The molecule has 2 aromatic rings. The number of benzene rings is 1. The Hall–Kier alpha value is -2.34. The van der Waals surface area contributed by atoms with Crippen molar-refractivity contribution in [2.45, 2.75) is 12.6 Å². The van der Waals surface area contributed by atoms with Crippen LogP contribution in [0.4, 0.5) is 9.18 Å². The van der Waals surface area contributed by atoms with Gasteiger partial charge in [0.05, 0.1) is 12.8 Å². The van der Waals surface area contributed by atoms with Crippen LogP contribution >= 0.6 is 0 Å². The molecule has 1 aromatic heterocycles. The summed E-state index contributed by atoms with van der Waals surface area (Å²) in [6.45, 7) is 0.239. The molecule has 0 saturated heterocycles. The van der Waals surface area contributed by atoms with Crippen LogP contribution in [0.1, 0.15) is 17.4 Å². The third-order valence-corrected chi connectivity index (χ3v) is 2.67. The third kappa shape index (κ3) is 4.10. The first-order chi connectivity index (χ1) is 9.65. The van der Waals surface area contributed by atoms with E-state index in [2.05, 4.69) is 10.6 Å². The first kappa shape index (κ1) is 14.1. The molecule has 1 unspecified atom stereocenters. The Morgan fingerprint density at radius 1 is 1.30 bits per heavy atom. The maximum absolute atomic E-state index is 12.9. The predicted molar refractivity (Wildman–Crippen MR) is 70.3 cm³/mol. The number of carbonyl (C=O) groups excluding carboxylic acids is 1. The van der Waals surface area contributed by atoms with Gasteiger partial charge in [-0.25, -0.2) is 9.18 Å². The molecule has 5 nitrogen and oxygen atoms in total. The van der Waals surface area contributed by atoms with Crippen molar-refractivity contribution in [2.75, 3.05) is 6.54 Å². The Kier molecular flexibility index (Phi) is 4.73. The molecule has 2 amide bonds. The van der Waals surface area contributed by atoms with Gasteiger partial charge in [0, 0.05) is 6.54 Å². The molecule has 2 rings (SSSR count). The zero-order chi connectivity index (χ0) is 14.4. The molecule has 0 aliphatic heterocycles. The molecule has 1 atom stereocenters. The van der Waals surface area contributed by atoms with E-state index in [9.17, 15) is 14.3 Å². The molecule has 3 N–H and O–H groups in total. The van der Waals surface area contributed by atoms with Gasteiger partial charge in [-0.2, -0.15) is 0 Å². The van der Waals surface area contributed by atoms with E-state index in [1.807, 2.05) is 0 Å². The maximum atomic E-state index is 12.9. The molecular formula is C14H15FN2O3. The maximum Gasteiger partial charge on any atom is 0.315 e. The molecule has 1 heterocycles. The number of nitrogens with one attached hydrogen (secondary N) is 2. The lowest BCUT2D eigenvalue weighted by molar-refractivity contribution is 0.148. The van der Waals surface area contributed by atoms with Crippen LogP contribution in [0, 0.1) is 5.82 Å². The first-order valence-electron chi connectivity index (χ1n) is 6.13. The second kappa shape index (κ2) is 6.72. The summed E-state index contributed by atoms with van der Waals surface area (Å²) in [7, 11) is 0. The third-order valence-electron chi connectivity index (χ3n) is 2.67. The van der Waals surface area contributed by atoms with E-state index in [1.165, 1.54) is 18.4 Å². The SMILES string of the molecule is O=C(NCc1cccc(F)c1)NCC(O)c1ccco1. The summed E-state index contributed by atoms with van der Waals surface area (Å²) < 4.78 is 17.9. The molecule has 0 fully saturated rings. The van der Waals surface area contributed by atoms with Crippen molar-refractivity contribution >= 4 is 6.03 Å². The van der Waals surface area contributed by atoms with Gasteiger partial charge in [-0.15, -0.1) is 0 Å². The van der Waals surface area contributed by atoms with Crippen LogP contribution in [0.15, 0.2) is 47.1 Å². The van der Waals surface area contributed by atoms with Crippen molar-refractivity contribution < 1.29 is 18.7 Å². The quantitative estimate of drug-likeness (QED) is 0.782. The summed E-state index contributed by atoms with van der Waals surface area (Å²) in [6, 6.07) is 8.80. The summed E-state index contributed by atoms with van der Waals surface area (Å²) in [5.74, 6) is 0.0355. The van der Waals surface area contributed by atoms with Crippen molar-refractivity contribution in [3.8, 4) is 0 Å². The fraction of sp³-hybridized carbons (Fsp3) is 0.214. The smallest absolute Gasteiger partial charge is 0.315 e. The number of furan rings is 1. The fourth-order valence-electron chi connectivity index (χ4n) is 1.66. The molecule has 106 valence electrons. The zero-order valence-electron chi connectivity index (χ0n) is 10.7. The minimum absolute atomic E-state index is 0.0303. The molecule has 0 saturated carbocycles. The summed E-state index contributed by atoms with van der Waals surface area (Å²) in [5, 5.41) is 14.8. The number of aliphatic hydroxyl groups is 1. The van der Waals surface area contributed by atoms with E-state index >= 15 is 0 Å². The van der Waals surface area contributed by atoms with Gasteiger partial charge in [-0.05, 0) is 29.8 Å². The highest BCUT2D eigenvalue weighted by molar-refractivity contribution is 5.73. The van der Waals surface area contributed by atoms with Gasteiger partial charge in [0.2, 0.25) is 0 Å². The summed E-state index contributed by atoms with van der Waals surface area (Å²) in [5.41, 5.74) is 0.659. The number of hydrogen-bond donors (Lipinski definition) is 3. The number of rotatable bonds is 5. The van der Waals surface area contributed by atoms with Gasteiger partial charge >= 0.3 is 6.03 Å². The summed E-state index contributed by atoms with van der Waals surface area (Å²) in [6.07, 6.45) is 0.549. The Morgan fingerprint density at radius 2 is 2.15 bits per heavy atom. The van der Waals surface area contributed by atoms with Gasteiger partial charge in [-0.1, -0.05) is 12.1 Å². The Balaban J connectivity index is 1.73. The van der Waals surface area contributed by atoms with Crippen LogP contribution in [0.2, 0.25) is 0 Å². The average Bonchev–Trinajstić information content (AvgIpc) is 2.97.